The molecule has 0 aliphatic carbocycles. The van der Waals surface area contributed by atoms with Crippen LogP contribution in [-0.2, 0) is 7.05 Å². The number of rotatable bonds is 1. The lowest BCUT2D eigenvalue weighted by atomic mass is 10.3. The number of benzene rings is 1. The third-order valence-electron chi connectivity index (χ3n) is 2.34. The first-order chi connectivity index (χ1) is 6.63. The molecule has 0 saturated carbocycles. The van der Waals surface area contributed by atoms with Crippen LogP contribution in [0.2, 0.25) is 0 Å². The molecule has 1 aromatic carbocycles. The Balaban J connectivity index is 3.03. The van der Waals surface area contributed by atoms with Crippen molar-refractivity contribution in [1.29, 1.82) is 0 Å². The van der Waals surface area contributed by atoms with Gasteiger partial charge in [0, 0.05) is 12.7 Å². The van der Waals surface area contributed by atoms with Crippen molar-refractivity contribution >= 4 is 16.7 Å². The molecule has 0 bridgehead atoms. The molecule has 0 aliphatic heterocycles. The van der Waals surface area contributed by atoms with Crippen LogP contribution in [0.1, 0.15) is 6.92 Å². The highest BCUT2D eigenvalue weighted by Crippen LogP contribution is 2.13. The van der Waals surface area contributed by atoms with Gasteiger partial charge in [0.25, 0.3) is 0 Å². The van der Waals surface area contributed by atoms with Crippen LogP contribution >= 0.6 is 0 Å². The molecule has 14 heavy (non-hydrogen) atoms. The molecule has 0 N–H and O–H groups in total. The molecule has 3 nitrogen and oxygen atoms in total. The van der Waals surface area contributed by atoms with E-state index in [4.69, 9.17) is 0 Å². The summed E-state index contributed by atoms with van der Waals surface area (Å²) in [7, 11) is 1.77. The van der Waals surface area contributed by atoms with Crippen molar-refractivity contribution in [3.63, 3.8) is 0 Å². The number of hydrogen-bond donors (Lipinski definition) is 0. The Hall–Kier alpha value is -1.77. The number of fused-ring (bicyclic) bond motifs is 1. The summed E-state index contributed by atoms with van der Waals surface area (Å²) in [5, 5.41) is 0. The van der Waals surface area contributed by atoms with Crippen LogP contribution in [-0.4, -0.2) is 9.13 Å². The molecule has 0 aliphatic rings. The van der Waals surface area contributed by atoms with E-state index in [-0.39, 0.29) is 5.69 Å². The Morgan fingerprint density at radius 2 is 1.86 bits per heavy atom. The van der Waals surface area contributed by atoms with E-state index in [1.807, 2.05) is 31.2 Å². The molecule has 2 aromatic rings. The van der Waals surface area contributed by atoms with E-state index in [1.54, 1.807) is 16.2 Å². The van der Waals surface area contributed by atoms with Gasteiger partial charge in [0.15, 0.2) is 0 Å². The minimum atomic E-state index is -0.0429. The summed E-state index contributed by atoms with van der Waals surface area (Å²) in [5.41, 5.74) is 2.54. The standard InChI is InChI=1S/C11H12N2O/c1-8(2)13-10-7-5-4-6-9(10)12(3)11(13)14/h4-7H,1H2,2-3H3. The Bertz CT molecular complexity index is 560. The fourth-order valence-electron chi connectivity index (χ4n) is 1.66. The van der Waals surface area contributed by atoms with Gasteiger partial charge in [0.05, 0.1) is 11.0 Å². The Kier molecular flexibility index (Phi) is 1.81. The van der Waals surface area contributed by atoms with Crippen LogP contribution in [0, 0.1) is 0 Å². The average molecular weight is 188 g/mol. The van der Waals surface area contributed by atoms with Crippen LogP contribution in [0.4, 0.5) is 0 Å². The van der Waals surface area contributed by atoms with Gasteiger partial charge in [-0.25, -0.2) is 4.79 Å². The predicted molar refractivity (Wildman–Crippen MR) is 58.2 cm³/mol. The van der Waals surface area contributed by atoms with Gasteiger partial charge >= 0.3 is 5.69 Å². The summed E-state index contributed by atoms with van der Waals surface area (Å²) in [6.45, 7) is 5.63. The summed E-state index contributed by atoms with van der Waals surface area (Å²) in [6.07, 6.45) is 0. The number of imidazole rings is 1. The molecule has 2 rings (SSSR count). The van der Waals surface area contributed by atoms with Gasteiger partial charge in [-0.2, -0.15) is 0 Å². The lowest BCUT2D eigenvalue weighted by Gasteiger charge is -1.98. The second-order valence-corrected chi connectivity index (χ2v) is 3.40. The molecule has 0 unspecified atom stereocenters. The van der Waals surface area contributed by atoms with E-state index in [2.05, 4.69) is 6.58 Å². The van der Waals surface area contributed by atoms with Gasteiger partial charge in [-0.3, -0.25) is 9.13 Å². The van der Waals surface area contributed by atoms with Gasteiger partial charge < -0.3 is 0 Å². The van der Waals surface area contributed by atoms with Gasteiger partial charge in [-0.15, -0.1) is 0 Å². The number of nitrogens with zero attached hydrogens (tertiary/aromatic N) is 2. The second kappa shape index (κ2) is 2.87. The monoisotopic (exact) mass is 188 g/mol. The smallest absolute Gasteiger partial charge is 0.295 e. The van der Waals surface area contributed by atoms with Crippen LogP contribution in [0.5, 0.6) is 0 Å². The van der Waals surface area contributed by atoms with Gasteiger partial charge in [0.2, 0.25) is 0 Å². The lowest BCUT2D eigenvalue weighted by molar-refractivity contribution is 0.852. The third-order valence-corrected chi connectivity index (χ3v) is 2.34. The number of hydrogen-bond acceptors (Lipinski definition) is 1. The third kappa shape index (κ3) is 1.02. The van der Waals surface area contributed by atoms with Gasteiger partial charge in [-0.1, -0.05) is 18.7 Å². The minimum Gasteiger partial charge on any atom is -0.295 e. The second-order valence-electron chi connectivity index (χ2n) is 3.40. The number of aryl methyl sites for hydroxylation is 1. The SMILES string of the molecule is C=C(C)n1c(=O)n(C)c2ccccc21. The normalized spacial score (nSPS) is 10.7. The van der Waals surface area contributed by atoms with E-state index >= 15 is 0 Å². The molecule has 0 radical (unpaired) electrons. The van der Waals surface area contributed by atoms with Crippen molar-refractivity contribution in [1.82, 2.24) is 9.13 Å². The molecular formula is C11H12N2O. The Morgan fingerprint density at radius 1 is 1.29 bits per heavy atom. The van der Waals surface area contributed by atoms with Crippen molar-refractivity contribution < 1.29 is 0 Å². The zero-order valence-electron chi connectivity index (χ0n) is 8.32. The first-order valence-corrected chi connectivity index (χ1v) is 4.45. The molecule has 1 aromatic heterocycles. The van der Waals surface area contributed by atoms with Crippen molar-refractivity contribution in [2.45, 2.75) is 6.92 Å². The number of aromatic nitrogens is 2. The van der Waals surface area contributed by atoms with Crippen molar-refractivity contribution in [3.8, 4) is 0 Å². The molecule has 0 spiro atoms. The van der Waals surface area contributed by atoms with Gasteiger partial charge in [0.1, 0.15) is 0 Å². The molecule has 0 fully saturated rings. The fraction of sp³-hybridized carbons (Fsp3) is 0.182. The molecule has 72 valence electrons. The van der Waals surface area contributed by atoms with E-state index in [0.29, 0.717) is 0 Å². The van der Waals surface area contributed by atoms with E-state index in [0.717, 1.165) is 16.7 Å². The molecule has 3 heteroatoms. The predicted octanol–water partition coefficient (Wildman–Crippen LogP) is 1.83. The summed E-state index contributed by atoms with van der Waals surface area (Å²) < 4.78 is 3.25. The molecule has 0 amide bonds. The maximum absolute atomic E-state index is 11.8. The van der Waals surface area contributed by atoms with Crippen LogP contribution in [0.25, 0.3) is 16.7 Å². The molecule has 0 saturated heterocycles. The average Bonchev–Trinajstić information content (AvgIpc) is 2.41. The highest BCUT2D eigenvalue weighted by Gasteiger charge is 2.09. The first kappa shape index (κ1) is 8.81. The highest BCUT2D eigenvalue weighted by atomic mass is 16.1. The Morgan fingerprint density at radius 3 is 2.43 bits per heavy atom. The topological polar surface area (TPSA) is 26.9 Å². The number of para-hydroxylation sites is 2. The summed E-state index contributed by atoms with van der Waals surface area (Å²) >= 11 is 0. The zero-order chi connectivity index (χ0) is 10.3. The molecule has 0 atom stereocenters. The maximum Gasteiger partial charge on any atom is 0.333 e. The summed E-state index contributed by atoms with van der Waals surface area (Å²) in [4.78, 5) is 11.8. The van der Waals surface area contributed by atoms with Crippen LogP contribution in [0.15, 0.2) is 35.6 Å². The summed E-state index contributed by atoms with van der Waals surface area (Å²) in [6, 6.07) is 7.69. The lowest BCUT2D eigenvalue weighted by Crippen LogP contribution is -2.20. The minimum absolute atomic E-state index is 0.0429. The zero-order valence-corrected chi connectivity index (χ0v) is 8.32. The largest absolute Gasteiger partial charge is 0.333 e. The Labute approximate surface area is 81.9 Å². The highest BCUT2D eigenvalue weighted by molar-refractivity contribution is 5.79. The molecular weight excluding hydrogens is 176 g/mol. The summed E-state index contributed by atoms with van der Waals surface area (Å²) in [5.74, 6) is 0. The first-order valence-electron chi connectivity index (χ1n) is 4.45. The van der Waals surface area contributed by atoms with Crippen LogP contribution < -0.4 is 5.69 Å². The quantitative estimate of drug-likeness (QED) is 0.670. The van der Waals surface area contributed by atoms with Crippen molar-refractivity contribution in [2.75, 3.05) is 0 Å². The maximum atomic E-state index is 11.8. The van der Waals surface area contributed by atoms with Crippen LogP contribution in [0.3, 0.4) is 0 Å². The van der Waals surface area contributed by atoms with Gasteiger partial charge in [-0.05, 0) is 19.1 Å². The molecule has 1 heterocycles. The van der Waals surface area contributed by atoms with E-state index < -0.39 is 0 Å². The van der Waals surface area contributed by atoms with E-state index in [1.165, 1.54) is 0 Å². The van der Waals surface area contributed by atoms with E-state index in [9.17, 15) is 4.79 Å². The number of allylic oxidation sites excluding steroid dienone is 1. The fourth-order valence-corrected chi connectivity index (χ4v) is 1.66. The van der Waals surface area contributed by atoms with Crippen molar-refractivity contribution in [3.05, 3.63) is 41.3 Å². The van der Waals surface area contributed by atoms with Crippen molar-refractivity contribution in [2.24, 2.45) is 7.05 Å².